The van der Waals surface area contributed by atoms with Gasteiger partial charge in [-0.15, -0.1) is 0 Å². The van der Waals surface area contributed by atoms with Crippen LogP contribution in [0.25, 0.3) is 0 Å². The molecule has 2 aromatic carbocycles. The third-order valence-corrected chi connectivity index (χ3v) is 11.6. The van der Waals surface area contributed by atoms with Crippen molar-refractivity contribution in [2.24, 2.45) is 17.8 Å². The van der Waals surface area contributed by atoms with Gasteiger partial charge >= 0.3 is 11.8 Å². The molecule has 0 spiro atoms. The Balaban J connectivity index is 1.40. The first kappa shape index (κ1) is 40.8. The second kappa shape index (κ2) is 16.9. The lowest BCUT2D eigenvalue weighted by molar-refractivity contribution is -0.155. The number of nitrogens with zero attached hydrogens (tertiary/aromatic N) is 1. The first-order chi connectivity index (χ1) is 27.7. The SMILES string of the molecule is CC(=O)OC1C2C[C@H](C)CC(C)/C=C/C=C(/C)C(=O)NC3=C(Oc4cccc(OCCN5CCC5)c4)Cc4c(c(c(C)c5c4C(=O)[C@@](C)(O/C=C/C[C@H]1C)O5)O2)C3=O. The Morgan fingerprint density at radius 2 is 1.81 bits per heavy atom. The van der Waals surface area contributed by atoms with Gasteiger partial charge in [0.25, 0.3) is 11.7 Å². The van der Waals surface area contributed by atoms with Crippen molar-refractivity contribution in [2.45, 2.75) is 98.6 Å². The van der Waals surface area contributed by atoms with Gasteiger partial charge in [0.1, 0.15) is 53.3 Å². The number of hydrogen-bond donors (Lipinski definition) is 1. The van der Waals surface area contributed by atoms with Gasteiger partial charge in [-0.25, -0.2) is 0 Å². The summed E-state index contributed by atoms with van der Waals surface area (Å²) in [6.07, 6.45) is 10.2. The van der Waals surface area contributed by atoms with E-state index in [1.54, 1.807) is 51.1 Å². The number of benzene rings is 2. The van der Waals surface area contributed by atoms with Gasteiger partial charge < -0.3 is 33.7 Å². The summed E-state index contributed by atoms with van der Waals surface area (Å²) in [6.45, 7) is 16.0. The van der Waals surface area contributed by atoms with Crippen molar-refractivity contribution in [1.82, 2.24) is 10.2 Å². The average molecular weight is 795 g/mol. The number of rotatable bonds is 7. The van der Waals surface area contributed by atoms with Crippen molar-refractivity contribution in [3.05, 3.63) is 94.1 Å². The van der Waals surface area contributed by atoms with Crippen molar-refractivity contribution >= 4 is 23.4 Å². The number of ether oxygens (including phenoxy) is 6. The zero-order valence-corrected chi connectivity index (χ0v) is 34.5. The first-order valence-electron chi connectivity index (χ1n) is 20.4. The van der Waals surface area contributed by atoms with Crippen molar-refractivity contribution in [2.75, 3.05) is 26.2 Å². The minimum absolute atomic E-state index is 0.0816. The Morgan fingerprint density at radius 1 is 1.03 bits per heavy atom. The number of ketones is 2. The van der Waals surface area contributed by atoms with E-state index in [0.717, 1.165) is 26.1 Å². The molecule has 2 aromatic rings. The fourth-order valence-electron chi connectivity index (χ4n) is 8.35. The minimum atomic E-state index is -1.75. The summed E-state index contributed by atoms with van der Waals surface area (Å²) in [5.41, 5.74) is 1.30. The molecule has 308 valence electrons. The average Bonchev–Trinajstić information content (AvgIpc) is 3.42. The number of esters is 1. The number of fused-ring (bicyclic) bond motifs is 4. The molecule has 12 nitrogen and oxygen atoms in total. The molecule has 4 aliphatic heterocycles. The number of likely N-dealkylation sites (tertiary alicyclic amines) is 1. The molecule has 7 rings (SSSR count). The van der Waals surface area contributed by atoms with E-state index in [-0.39, 0.29) is 58.3 Å². The molecule has 1 amide bonds. The van der Waals surface area contributed by atoms with Gasteiger partial charge in [-0.1, -0.05) is 45.1 Å². The van der Waals surface area contributed by atoms with E-state index in [9.17, 15) is 14.4 Å². The van der Waals surface area contributed by atoms with E-state index in [1.165, 1.54) is 19.6 Å². The Labute approximate surface area is 340 Å². The Bertz CT molecular complexity index is 2110. The molecule has 5 aliphatic rings. The lowest BCUT2D eigenvalue weighted by Crippen LogP contribution is -2.42. The molecular weight excluding hydrogens is 741 g/mol. The normalized spacial score (nSPS) is 29.3. The highest BCUT2D eigenvalue weighted by Crippen LogP contribution is 2.50. The molecule has 6 atom stereocenters. The number of Topliss-reactive ketones (excluding diaryl/α,β-unsaturated/α-hetero) is 2. The number of carbonyl (C=O) groups is 4. The second-order valence-electron chi connectivity index (χ2n) is 16.5. The maximum Gasteiger partial charge on any atom is 0.312 e. The highest BCUT2D eigenvalue weighted by atomic mass is 16.7. The van der Waals surface area contributed by atoms with E-state index in [1.807, 2.05) is 25.1 Å². The molecule has 0 saturated carbocycles. The summed E-state index contributed by atoms with van der Waals surface area (Å²) in [4.78, 5) is 58.6. The van der Waals surface area contributed by atoms with Crippen LogP contribution in [0.1, 0.15) is 99.1 Å². The van der Waals surface area contributed by atoms with Gasteiger partial charge in [0.2, 0.25) is 5.78 Å². The Kier molecular flexibility index (Phi) is 11.9. The predicted octanol–water partition coefficient (Wildman–Crippen LogP) is 7.33. The van der Waals surface area contributed by atoms with Crippen LogP contribution in [0.3, 0.4) is 0 Å². The second-order valence-corrected chi connectivity index (χ2v) is 16.5. The summed E-state index contributed by atoms with van der Waals surface area (Å²) >= 11 is 0. The molecule has 3 unspecified atom stereocenters. The lowest BCUT2D eigenvalue weighted by Gasteiger charge is -2.35. The van der Waals surface area contributed by atoms with Crippen LogP contribution in [-0.2, 0) is 25.5 Å². The maximum atomic E-state index is 15.2. The first-order valence-corrected chi connectivity index (χ1v) is 20.4. The lowest BCUT2D eigenvalue weighted by atomic mass is 9.83. The standard InChI is InChI=1S/C46H54N2O10/c1-26-12-8-13-29(4)45(52)47-39-35(56-33-16-9-15-32(24-33)53-21-19-48-17-11-18-48)25-34-37(40(39)50)42-30(5)43-38(34)44(51)46(7,58-43)54-20-10-14-28(3)41(55-31(6)49)36(57-42)23-27(2)22-26/h8-10,12-13,15-16,20,24,26-28,36,41H,11,14,17-19,21-23,25H2,1-7H3,(H,47,52)/b12-8+,20-10+,29-13-/t26?,27-,28-,36?,41?,46+/m1/s1. The molecule has 1 saturated heterocycles. The molecule has 58 heavy (non-hydrogen) atoms. The molecule has 1 N–H and O–H groups in total. The third-order valence-electron chi connectivity index (χ3n) is 11.6. The highest BCUT2D eigenvalue weighted by molar-refractivity contribution is 6.19. The fraction of sp³-hybridized carbons (Fsp3) is 0.478. The number of allylic oxidation sites excluding steroid dienone is 6. The van der Waals surface area contributed by atoms with Gasteiger partial charge in [0, 0.05) is 49.9 Å². The monoisotopic (exact) mass is 794 g/mol. The van der Waals surface area contributed by atoms with Gasteiger partial charge in [-0.2, -0.15) is 0 Å². The van der Waals surface area contributed by atoms with E-state index in [2.05, 4.69) is 24.1 Å². The zero-order valence-electron chi connectivity index (χ0n) is 34.5. The largest absolute Gasteiger partial charge is 0.492 e. The van der Waals surface area contributed by atoms with Gasteiger partial charge in [0.05, 0.1) is 17.4 Å². The van der Waals surface area contributed by atoms with Crippen molar-refractivity contribution in [3.63, 3.8) is 0 Å². The minimum Gasteiger partial charge on any atom is -0.492 e. The van der Waals surface area contributed by atoms with Crippen LogP contribution in [-0.4, -0.2) is 72.6 Å². The van der Waals surface area contributed by atoms with E-state index < -0.39 is 41.4 Å². The molecule has 1 aliphatic carbocycles. The number of amides is 1. The third kappa shape index (κ3) is 8.43. The van der Waals surface area contributed by atoms with Gasteiger partial charge in [-0.05, 0) is 88.2 Å². The molecular formula is C46H54N2O10. The van der Waals surface area contributed by atoms with Crippen LogP contribution < -0.4 is 24.3 Å². The number of nitrogens with one attached hydrogen (secondary N) is 1. The van der Waals surface area contributed by atoms with Crippen LogP contribution in [0.2, 0.25) is 0 Å². The van der Waals surface area contributed by atoms with Crippen LogP contribution >= 0.6 is 0 Å². The van der Waals surface area contributed by atoms with Gasteiger partial charge in [-0.3, -0.25) is 24.1 Å². The molecule has 4 heterocycles. The smallest absolute Gasteiger partial charge is 0.312 e. The van der Waals surface area contributed by atoms with Crippen LogP contribution in [0.5, 0.6) is 23.0 Å². The summed E-state index contributed by atoms with van der Waals surface area (Å²) < 4.78 is 38.2. The summed E-state index contributed by atoms with van der Waals surface area (Å²) in [5, 5.41) is 2.87. The van der Waals surface area contributed by atoms with Crippen LogP contribution in [0.4, 0.5) is 0 Å². The maximum absolute atomic E-state index is 15.2. The number of carbonyl (C=O) groups excluding carboxylic acids is 4. The van der Waals surface area contributed by atoms with Crippen LogP contribution in [0, 0.1) is 24.7 Å². The van der Waals surface area contributed by atoms with Crippen molar-refractivity contribution < 1.29 is 47.6 Å². The molecule has 0 radical (unpaired) electrons. The molecule has 6 bridgehead atoms. The van der Waals surface area contributed by atoms with Crippen molar-refractivity contribution in [1.29, 1.82) is 0 Å². The van der Waals surface area contributed by atoms with E-state index in [0.29, 0.717) is 47.6 Å². The van der Waals surface area contributed by atoms with Gasteiger partial charge in [0.15, 0.2) is 0 Å². The topological polar surface area (TPSA) is 139 Å². The fourth-order valence-corrected chi connectivity index (χ4v) is 8.35. The summed E-state index contributed by atoms with van der Waals surface area (Å²) in [7, 11) is 0. The number of hydrogen-bond acceptors (Lipinski definition) is 11. The zero-order chi connectivity index (χ0) is 41.3. The highest BCUT2D eigenvalue weighted by Gasteiger charge is 2.52. The molecule has 0 aromatic heterocycles. The summed E-state index contributed by atoms with van der Waals surface area (Å²) in [6, 6.07) is 7.10. The molecule has 12 heteroatoms. The Morgan fingerprint density at radius 3 is 2.55 bits per heavy atom. The van der Waals surface area contributed by atoms with Crippen LogP contribution in [0.15, 0.2) is 71.9 Å². The Hall–Kier alpha value is -5.36. The van der Waals surface area contributed by atoms with E-state index in [4.69, 9.17) is 28.4 Å². The van der Waals surface area contributed by atoms with E-state index >= 15 is 4.79 Å². The molecule has 1 fully saturated rings. The quantitative estimate of drug-likeness (QED) is 0.282. The predicted molar refractivity (Wildman–Crippen MR) is 216 cm³/mol. The summed E-state index contributed by atoms with van der Waals surface area (Å²) in [5.74, 6) is -2.31. The van der Waals surface area contributed by atoms with Crippen molar-refractivity contribution in [3.8, 4) is 23.0 Å².